The van der Waals surface area contributed by atoms with E-state index in [2.05, 4.69) is 4.98 Å². The summed E-state index contributed by atoms with van der Waals surface area (Å²) in [5.74, 6) is 0.794. The van der Waals surface area contributed by atoms with E-state index in [4.69, 9.17) is 16.3 Å². The van der Waals surface area contributed by atoms with Gasteiger partial charge in [0.05, 0.1) is 18.1 Å². The number of aryl methyl sites for hydroxylation is 1. The van der Waals surface area contributed by atoms with Gasteiger partial charge in [0, 0.05) is 13.1 Å². The SMILES string of the molecule is COc1ccc2c(c1)nc(Cl)n2C. The van der Waals surface area contributed by atoms with Crippen LogP contribution in [-0.4, -0.2) is 16.7 Å². The first-order chi connectivity index (χ1) is 6.22. The maximum atomic E-state index is 5.86. The molecule has 0 saturated carbocycles. The molecule has 2 aromatic rings. The number of fused-ring (bicyclic) bond motifs is 1. The highest BCUT2D eigenvalue weighted by atomic mass is 35.5. The van der Waals surface area contributed by atoms with Gasteiger partial charge >= 0.3 is 0 Å². The lowest BCUT2D eigenvalue weighted by atomic mass is 10.3. The van der Waals surface area contributed by atoms with Gasteiger partial charge in [0.25, 0.3) is 0 Å². The molecule has 1 aromatic carbocycles. The van der Waals surface area contributed by atoms with Gasteiger partial charge in [-0.1, -0.05) is 0 Å². The Morgan fingerprint density at radius 1 is 1.46 bits per heavy atom. The molecule has 0 fully saturated rings. The Morgan fingerprint density at radius 3 is 2.92 bits per heavy atom. The number of ether oxygens (including phenoxy) is 1. The number of imidazole rings is 1. The monoisotopic (exact) mass is 196 g/mol. The van der Waals surface area contributed by atoms with Crippen LogP contribution in [0.4, 0.5) is 0 Å². The van der Waals surface area contributed by atoms with E-state index in [9.17, 15) is 0 Å². The average Bonchev–Trinajstić information content (AvgIpc) is 2.42. The minimum Gasteiger partial charge on any atom is -0.497 e. The van der Waals surface area contributed by atoms with Crippen molar-refractivity contribution in [2.24, 2.45) is 7.05 Å². The topological polar surface area (TPSA) is 27.1 Å². The second-order valence-corrected chi connectivity index (χ2v) is 3.13. The van der Waals surface area contributed by atoms with E-state index in [0.29, 0.717) is 5.28 Å². The van der Waals surface area contributed by atoms with E-state index in [1.54, 1.807) is 7.11 Å². The third-order valence-corrected chi connectivity index (χ3v) is 2.37. The lowest BCUT2D eigenvalue weighted by Crippen LogP contribution is -1.86. The van der Waals surface area contributed by atoms with Gasteiger partial charge in [0.2, 0.25) is 5.28 Å². The first-order valence-electron chi connectivity index (χ1n) is 3.88. The zero-order valence-corrected chi connectivity index (χ0v) is 8.17. The van der Waals surface area contributed by atoms with Crippen LogP contribution in [0.5, 0.6) is 5.75 Å². The Labute approximate surface area is 80.9 Å². The number of methoxy groups -OCH3 is 1. The fourth-order valence-electron chi connectivity index (χ4n) is 1.28. The summed E-state index contributed by atoms with van der Waals surface area (Å²) in [5, 5.41) is 0.489. The fraction of sp³-hybridized carbons (Fsp3) is 0.222. The Kier molecular flexibility index (Phi) is 1.88. The van der Waals surface area contributed by atoms with Crippen LogP contribution in [0.3, 0.4) is 0 Å². The van der Waals surface area contributed by atoms with E-state index < -0.39 is 0 Å². The summed E-state index contributed by atoms with van der Waals surface area (Å²) in [4.78, 5) is 4.17. The third kappa shape index (κ3) is 1.25. The molecule has 0 aliphatic carbocycles. The van der Waals surface area contributed by atoms with Gasteiger partial charge in [-0.15, -0.1) is 0 Å². The molecule has 0 bridgehead atoms. The Hall–Kier alpha value is -1.22. The highest BCUT2D eigenvalue weighted by Crippen LogP contribution is 2.22. The van der Waals surface area contributed by atoms with E-state index in [1.165, 1.54) is 0 Å². The third-order valence-electron chi connectivity index (χ3n) is 2.03. The molecular formula is C9H9ClN2O. The molecule has 1 heterocycles. The van der Waals surface area contributed by atoms with Crippen LogP contribution in [0.2, 0.25) is 5.28 Å². The number of hydrogen-bond donors (Lipinski definition) is 0. The van der Waals surface area contributed by atoms with E-state index >= 15 is 0 Å². The summed E-state index contributed by atoms with van der Waals surface area (Å²) in [6.45, 7) is 0. The van der Waals surface area contributed by atoms with Crippen molar-refractivity contribution in [1.29, 1.82) is 0 Å². The van der Waals surface area contributed by atoms with Crippen LogP contribution in [0.15, 0.2) is 18.2 Å². The van der Waals surface area contributed by atoms with E-state index in [1.807, 2.05) is 29.8 Å². The molecule has 0 saturated heterocycles. The molecule has 1 aromatic heterocycles. The first-order valence-corrected chi connectivity index (χ1v) is 4.26. The standard InChI is InChI=1S/C9H9ClN2O/c1-12-8-4-3-6(13-2)5-7(8)11-9(12)10/h3-5H,1-2H3. The molecular weight excluding hydrogens is 188 g/mol. The Balaban J connectivity index is 2.73. The normalized spacial score (nSPS) is 10.7. The molecule has 4 heteroatoms. The van der Waals surface area contributed by atoms with E-state index in [-0.39, 0.29) is 0 Å². The summed E-state index contributed by atoms with van der Waals surface area (Å²) in [6, 6.07) is 5.69. The molecule has 0 aliphatic rings. The molecule has 0 amide bonds. The molecule has 0 aliphatic heterocycles. The van der Waals surface area contributed by atoms with Gasteiger partial charge in [0.15, 0.2) is 0 Å². The largest absolute Gasteiger partial charge is 0.497 e. The number of nitrogens with zero attached hydrogens (tertiary/aromatic N) is 2. The fourth-order valence-corrected chi connectivity index (χ4v) is 1.46. The van der Waals surface area contributed by atoms with Gasteiger partial charge in [-0.25, -0.2) is 4.98 Å². The number of aromatic nitrogens is 2. The van der Waals surface area contributed by atoms with Gasteiger partial charge in [0.1, 0.15) is 5.75 Å². The van der Waals surface area contributed by atoms with Gasteiger partial charge in [-0.2, -0.15) is 0 Å². The number of rotatable bonds is 1. The average molecular weight is 197 g/mol. The highest BCUT2D eigenvalue weighted by Gasteiger charge is 2.05. The Morgan fingerprint density at radius 2 is 2.23 bits per heavy atom. The lowest BCUT2D eigenvalue weighted by molar-refractivity contribution is 0.415. The maximum Gasteiger partial charge on any atom is 0.203 e. The zero-order valence-electron chi connectivity index (χ0n) is 7.41. The van der Waals surface area contributed by atoms with Crippen molar-refractivity contribution >= 4 is 22.6 Å². The van der Waals surface area contributed by atoms with E-state index in [0.717, 1.165) is 16.8 Å². The predicted molar refractivity (Wildman–Crippen MR) is 52.3 cm³/mol. The quantitative estimate of drug-likeness (QED) is 0.700. The molecule has 0 unspecified atom stereocenters. The molecule has 3 nitrogen and oxygen atoms in total. The van der Waals surface area contributed by atoms with Gasteiger partial charge in [-0.3, -0.25) is 0 Å². The highest BCUT2D eigenvalue weighted by molar-refractivity contribution is 6.29. The van der Waals surface area contributed by atoms with Gasteiger partial charge < -0.3 is 9.30 Å². The number of hydrogen-bond acceptors (Lipinski definition) is 2. The predicted octanol–water partition coefficient (Wildman–Crippen LogP) is 2.24. The van der Waals surface area contributed by atoms with Crippen molar-refractivity contribution in [3.05, 3.63) is 23.5 Å². The van der Waals surface area contributed by atoms with Crippen molar-refractivity contribution < 1.29 is 4.74 Å². The molecule has 0 N–H and O–H groups in total. The van der Waals surface area contributed by atoms with Gasteiger partial charge in [-0.05, 0) is 23.7 Å². The molecule has 68 valence electrons. The van der Waals surface area contributed by atoms with Crippen LogP contribution in [-0.2, 0) is 7.05 Å². The summed E-state index contributed by atoms with van der Waals surface area (Å²) >= 11 is 5.86. The zero-order chi connectivity index (χ0) is 9.42. The molecule has 0 radical (unpaired) electrons. The van der Waals surface area contributed by atoms with Crippen molar-refractivity contribution in [1.82, 2.24) is 9.55 Å². The molecule has 2 rings (SSSR count). The first kappa shape index (κ1) is 8.38. The molecule has 0 spiro atoms. The summed E-state index contributed by atoms with van der Waals surface area (Å²) in [6.07, 6.45) is 0. The minimum absolute atomic E-state index is 0.489. The second-order valence-electron chi connectivity index (χ2n) is 2.79. The van der Waals surface area contributed by atoms with Crippen molar-refractivity contribution in [3.63, 3.8) is 0 Å². The summed E-state index contributed by atoms with van der Waals surface area (Å²) in [7, 11) is 3.51. The summed E-state index contributed by atoms with van der Waals surface area (Å²) < 4.78 is 6.91. The van der Waals surface area contributed by atoms with Crippen LogP contribution in [0, 0.1) is 0 Å². The molecule has 13 heavy (non-hydrogen) atoms. The second kappa shape index (κ2) is 2.92. The Bertz CT molecular complexity index is 450. The minimum atomic E-state index is 0.489. The molecule has 0 atom stereocenters. The smallest absolute Gasteiger partial charge is 0.203 e. The number of benzene rings is 1. The van der Waals surface area contributed by atoms with Crippen molar-refractivity contribution in [2.75, 3.05) is 7.11 Å². The number of halogens is 1. The van der Waals surface area contributed by atoms with Crippen LogP contribution in [0.25, 0.3) is 11.0 Å². The van der Waals surface area contributed by atoms with Crippen LogP contribution < -0.4 is 4.74 Å². The van der Waals surface area contributed by atoms with Crippen LogP contribution in [0.1, 0.15) is 0 Å². The van der Waals surface area contributed by atoms with Crippen molar-refractivity contribution in [2.45, 2.75) is 0 Å². The summed E-state index contributed by atoms with van der Waals surface area (Å²) in [5.41, 5.74) is 1.86. The van der Waals surface area contributed by atoms with Crippen LogP contribution >= 0.6 is 11.6 Å². The van der Waals surface area contributed by atoms with Crippen molar-refractivity contribution in [3.8, 4) is 5.75 Å². The maximum absolute atomic E-state index is 5.86. The lowest BCUT2D eigenvalue weighted by Gasteiger charge is -1.98.